The quantitative estimate of drug-likeness (QED) is 0.350. The van der Waals surface area contributed by atoms with Crippen LogP contribution in [0.2, 0.25) is 0 Å². The molecule has 2 aromatic rings. The Morgan fingerprint density at radius 2 is 2.07 bits per heavy atom. The molecule has 1 fully saturated rings. The van der Waals surface area contributed by atoms with Crippen LogP contribution in [0, 0.1) is 13.8 Å². The van der Waals surface area contributed by atoms with E-state index in [2.05, 4.69) is 45.4 Å². The lowest BCUT2D eigenvalue weighted by molar-refractivity contribution is 0.122. The van der Waals surface area contributed by atoms with Crippen molar-refractivity contribution < 1.29 is 4.74 Å². The van der Waals surface area contributed by atoms with E-state index in [0.717, 1.165) is 60.9 Å². The second-order valence-electron chi connectivity index (χ2n) is 6.38. The summed E-state index contributed by atoms with van der Waals surface area (Å²) >= 11 is 1.73. The van der Waals surface area contributed by atoms with Crippen molar-refractivity contribution in [2.75, 3.05) is 37.7 Å². The Hall–Kier alpha value is -1.46. The number of nitrogens with zero attached hydrogens (tertiary/aromatic N) is 4. The number of aromatic nitrogens is 2. The molecule has 1 aliphatic rings. The molecule has 0 amide bonds. The molecule has 3 heterocycles. The van der Waals surface area contributed by atoms with Gasteiger partial charge in [-0.25, -0.2) is 15.0 Å². The molecule has 2 aromatic heterocycles. The number of hydrogen-bond donors (Lipinski definition) is 2. The number of hydrogen-bond acceptors (Lipinski definition) is 6. The standard InChI is InChI=1S/C19H28N6OS.HI/c1-4-20-19(23-13-17-24-14(2)15(3)27-17)22-12-16-6-5-7-21-18(16)25-8-10-26-11-9-25;/h5-7H,4,8-13H2,1-3H3,(H2,20,22,23);1H. The average Bonchev–Trinajstić information content (AvgIpc) is 3.02. The van der Waals surface area contributed by atoms with E-state index >= 15 is 0 Å². The van der Waals surface area contributed by atoms with E-state index in [9.17, 15) is 0 Å². The Bertz CT molecular complexity index is 756. The summed E-state index contributed by atoms with van der Waals surface area (Å²) in [5, 5.41) is 7.76. The van der Waals surface area contributed by atoms with Gasteiger partial charge in [0.15, 0.2) is 5.96 Å². The van der Waals surface area contributed by atoms with Crippen molar-refractivity contribution >= 4 is 47.1 Å². The van der Waals surface area contributed by atoms with E-state index in [-0.39, 0.29) is 24.0 Å². The van der Waals surface area contributed by atoms with Gasteiger partial charge in [-0.3, -0.25) is 0 Å². The van der Waals surface area contributed by atoms with Crippen LogP contribution in [0.3, 0.4) is 0 Å². The molecule has 0 bridgehead atoms. The lowest BCUT2D eigenvalue weighted by atomic mass is 10.2. The lowest BCUT2D eigenvalue weighted by Gasteiger charge is -2.29. The average molecular weight is 516 g/mol. The number of ether oxygens (including phenoxy) is 1. The number of pyridine rings is 1. The number of guanidine groups is 1. The van der Waals surface area contributed by atoms with Gasteiger partial charge in [0.25, 0.3) is 0 Å². The van der Waals surface area contributed by atoms with Gasteiger partial charge in [0.1, 0.15) is 10.8 Å². The normalized spacial score (nSPS) is 14.5. The van der Waals surface area contributed by atoms with Gasteiger partial charge in [0.2, 0.25) is 0 Å². The van der Waals surface area contributed by atoms with Crippen LogP contribution in [0.5, 0.6) is 0 Å². The fraction of sp³-hybridized carbons (Fsp3) is 0.526. The SMILES string of the molecule is CCNC(=NCc1cccnc1N1CCOCC1)NCc1nc(C)c(C)s1.I. The topological polar surface area (TPSA) is 74.7 Å². The predicted molar refractivity (Wildman–Crippen MR) is 126 cm³/mol. The van der Waals surface area contributed by atoms with Crippen molar-refractivity contribution in [2.45, 2.75) is 33.9 Å². The number of rotatable bonds is 6. The monoisotopic (exact) mass is 516 g/mol. The minimum Gasteiger partial charge on any atom is -0.378 e. The molecule has 0 saturated carbocycles. The highest BCUT2D eigenvalue weighted by atomic mass is 127. The van der Waals surface area contributed by atoms with E-state index in [0.29, 0.717) is 13.1 Å². The molecular formula is C19H29IN6OS. The fourth-order valence-corrected chi connectivity index (χ4v) is 3.77. The molecule has 0 spiro atoms. The Kier molecular flexibility index (Phi) is 9.39. The zero-order chi connectivity index (χ0) is 19.1. The van der Waals surface area contributed by atoms with Crippen LogP contribution in [0.25, 0.3) is 0 Å². The molecule has 7 nitrogen and oxygen atoms in total. The van der Waals surface area contributed by atoms with Crippen LogP contribution in [-0.4, -0.2) is 48.8 Å². The van der Waals surface area contributed by atoms with E-state index in [4.69, 9.17) is 9.73 Å². The molecule has 1 saturated heterocycles. The first kappa shape index (κ1) is 22.8. The largest absolute Gasteiger partial charge is 0.378 e. The molecule has 28 heavy (non-hydrogen) atoms. The highest BCUT2D eigenvalue weighted by Gasteiger charge is 2.15. The first-order valence-electron chi connectivity index (χ1n) is 9.39. The fourth-order valence-electron chi connectivity index (χ4n) is 2.89. The van der Waals surface area contributed by atoms with Crippen molar-refractivity contribution in [2.24, 2.45) is 4.99 Å². The van der Waals surface area contributed by atoms with Crippen LogP contribution >= 0.6 is 35.3 Å². The van der Waals surface area contributed by atoms with Gasteiger partial charge in [-0.2, -0.15) is 0 Å². The summed E-state index contributed by atoms with van der Waals surface area (Å²) in [6.45, 7) is 11.5. The number of halogens is 1. The van der Waals surface area contributed by atoms with E-state index < -0.39 is 0 Å². The summed E-state index contributed by atoms with van der Waals surface area (Å²) in [7, 11) is 0. The number of aliphatic imine (C=N–C) groups is 1. The molecule has 0 radical (unpaired) electrons. The van der Waals surface area contributed by atoms with Crippen molar-refractivity contribution in [3.63, 3.8) is 0 Å². The molecule has 9 heteroatoms. The number of anilines is 1. The highest BCUT2D eigenvalue weighted by molar-refractivity contribution is 14.0. The summed E-state index contributed by atoms with van der Waals surface area (Å²) in [6, 6.07) is 4.06. The van der Waals surface area contributed by atoms with E-state index in [1.54, 1.807) is 11.3 Å². The third-order valence-corrected chi connectivity index (χ3v) is 5.48. The van der Waals surface area contributed by atoms with Gasteiger partial charge in [-0.05, 0) is 26.8 Å². The summed E-state index contributed by atoms with van der Waals surface area (Å²) in [5.74, 6) is 1.80. The van der Waals surface area contributed by atoms with Crippen molar-refractivity contribution in [1.82, 2.24) is 20.6 Å². The minimum atomic E-state index is 0. The Balaban J connectivity index is 0.00000280. The Morgan fingerprint density at radius 1 is 1.29 bits per heavy atom. The Morgan fingerprint density at radius 3 is 2.75 bits per heavy atom. The lowest BCUT2D eigenvalue weighted by Crippen LogP contribution is -2.38. The second-order valence-corrected chi connectivity index (χ2v) is 7.67. The number of thiazole rings is 1. The molecule has 0 atom stereocenters. The summed E-state index contributed by atoms with van der Waals surface area (Å²) in [6.07, 6.45) is 1.84. The molecule has 2 N–H and O–H groups in total. The second kappa shape index (κ2) is 11.5. The number of nitrogens with one attached hydrogen (secondary N) is 2. The maximum atomic E-state index is 5.45. The Labute approximate surface area is 188 Å². The molecule has 154 valence electrons. The molecule has 0 aliphatic carbocycles. The molecule has 0 aromatic carbocycles. The smallest absolute Gasteiger partial charge is 0.191 e. The maximum absolute atomic E-state index is 5.45. The van der Waals surface area contributed by atoms with Crippen LogP contribution in [-0.2, 0) is 17.8 Å². The van der Waals surface area contributed by atoms with Crippen LogP contribution in [0.1, 0.15) is 28.1 Å². The van der Waals surface area contributed by atoms with Crippen LogP contribution in [0.4, 0.5) is 5.82 Å². The van der Waals surface area contributed by atoms with Crippen molar-refractivity contribution in [3.05, 3.63) is 39.5 Å². The molecule has 3 rings (SSSR count). The van der Waals surface area contributed by atoms with Gasteiger partial charge in [0.05, 0.1) is 32.0 Å². The molecule has 0 unspecified atom stereocenters. The van der Waals surface area contributed by atoms with Gasteiger partial charge < -0.3 is 20.3 Å². The molecule has 1 aliphatic heterocycles. The van der Waals surface area contributed by atoms with E-state index in [1.165, 1.54) is 4.88 Å². The zero-order valence-corrected chi connectivity index (χ0v) is 19.8. The van der Waals surface area contributed by atoms with Crippen molar-refractivity contribution in [3.8, 4) is 0 Å². The third kappa shape index (κ3) is 6.28. The number of morpholine rings is 1. The maximum Gasteiger partial charge on any atom is 0.191 e. The summed E-state index contributed by atoms with van der Waals surface area (Å²) in [4.78, 5) is 17.5. The first-order chi connectivity index (χ1) is 13.2. The zero-order valence-electron chi connectivity index (χ0n) is 16.7. The van der Waals surface area contributed by atoms with Gasteiger partial charge in [0, 0.05) is 36.3 Å². The van der Waals surface area contributed by atoms with Gasteiger partial charge in [-0.15, -0.1) is 35.3 Å². The highest BCUT2D eigenvalue weighted by Crippen LogP contribution is 2.19. The molecular weight excluding hydrogens is 487 g/mol. The van der Waals surface area contributed by atoms with Gasteiger partial charge in [-0.1, -0.05) is 6.07 Å². The summed E-state index contributed by atoms with van der Waals surface area (Å²) in [5.41, 5.74) is 2.22. The van der Waals surface area contributed by atoms with Gasteiger partial charge >= 0.3 is 0 Å². The first-order valence-corrected chi connectivity index (χ1v) is 10.2. The van der Waals surface area contributed by atoms with E-state index in [1.807, 2.05) is 19.2 Å². The predicted octanol–water partition coefficient (Wildman–Crippen LogP) is 2.86. The minimum absolute atomic E-state index is 0. The van der Waals surface area contributed by atoms with Crippen molar-refractivity contribution in [1.29, 1.82) is 0 Å². The van der Waals surface area contributed by atoms with Crippen LogP contribution < -0.4 is 15.5 Å². The number of aryl methyl sites for hydroxylation is 2. The van der Waals surface area contributed by atoms with Crippen LogP contribution in [0.15, 0.2) is 23.3 Å². The summed E-state index contributed by atoms with van der Waals surface area (Å²) < 4.78 is 5.45. The third-order valence-electron chi connectivity index (χ3n) is 4.41.